The Labute approximate surface area is 203 Å². The summed E-state index contributed by atoms with van der Waals surface area (Å²) >= 11 is 6.33. The van der Waals surface area contributed by atoms with Gasteiger partial charge in [-0.2, -0.15) is 0 Å². The van der Waals surface area contributed by atoms with E-state index < -0.39 is 10.0 Å². The summed E-state index contributed by atoms with van der Waals surface area (Å²) in [6.45, 7) is 3.82. The van der Waals surface area contributed by atoms with Crippen LogP contribution >= 0.6 is 11.6 Å². The summed E-state index contributed by atoms with van der Waals surface area (Å²) in [5.74, 6) is 0.588. The maximum atomic E-state index is 12.5. The molecule has 1 atom stereocenters. The molecule has 1 saturated heterocycles. The van der Waals surface area contributed by atoms with Gasteiger partial charge in [0.15, 0.2) is 5.82 Å². The molecule has 2 N–H and O–H groups in total. The molecule has 9 nitrogen and oxygen atoms in total. The molecular formula is C23H26ClN3O6S. The van der Waals surface area contributed by atoms with Gasteiger partial charge in [-0.1, -0.05) is 47.1 Å². The zero-order valence-electron chi connectivity index (χ0n) is 18.5. The molecule has 1 aliphatic rings. The molecule has 1 unspecified atom stereocenters. The summed E-state index contributed by atoms with van der Waals surface area (Å²) in [4.78, 5) is 10.8. The topological polar surface area (TPSA) is 122 Å². The van der Waals surface area contributed by atoms with Crippen LogP contribution < -0.4 is 9.46 Å². The highest BCUT2D eigenvalue weighted by Crippen LogP contribution is 2.31. The van der Waals surface area contributed by atoms with Crippen LogP contribution in [0.3, 0.4) is 0 Å². The number of halogens is 1. The molecule has 1 fully saturated rings. The minimum atomic E-state index is -3.82. The molecule has 11 heteroatoms. The molecule has 1 aliphatic heterocycles. The third-order valence-corrected chi connectivity index (χ3v) is 7.14. The van der Waals surface area contributed by atoms with Gasteiger partial charge in [-0.05, 0) is 43.5 Å². The summed E-state index contributed by atoms with van der Waals surface area (Å²) in [6, 6.07) is 16.7. The molecule has 182 valence electrons. The Kier molecular flexibility index (Phi) is 8.91. The number of nitrogens with zero attached hydrogens (tertiary/aromatic N) is 2. The van der Waals surface area contributed by atoms with Crippen molar-refractivity contribution in [1.82, 2.24) is 10.1 Å². The lowest BCUT2D eigenvalue weighted by atomic mass is 10.0. The average molecular weight is 508 g/mol. The number of aromatic nitrogens is 1. The second kappa shape index (κ2) is 11.9. The van der Waals surface area contributed by atoms with E-state index in [1.165, 1.54) is 30.0 Å². The number of rotatable bonds is 7. The van der Waals surface area contributed by atoms with Crippen LogP contribution in [0, 0.1) is 0 Å². The van der Waals surface area contributed by atoms with E-state index in [4.69, 9.17) is 26.2 Å². The molecule has 4 rings (SSSR count). The summed E-state index contributed by atoms with van der Waals surface area (Å²) in [5, 5.41) is 10.7. The van der Waals surface area contributed by atoms with E-state index >= 15 is 0 Å². The smallest absolute Gasteiger partial charge is 0.290 e. The second-order valence-corrected chi connectivity index (χ2v) is 9.72. The van der Waals surface area contributed by atoms with E-state index in [1.54, 1.807) is 6.07 Å². The van der Waals surface area contributed by atoms with E-state index in [2.05, 4.69) is 50.5 Å². The number of likely N-dealkylation sites (tertiary alicyclic amines) is 1. The van der Waals surface area contributed by atoms with E-state index in [9.17, 15) is 8.42 Å². The van der Waals surface area contributed by atoms with Gasteiger partial charge >= 0.3 is 0 Å². The highest BCUT2D eigenvalue weighted by atomic mass is 35.5. The quantitative estimate of drug-likeness (QED) is 0.450. The fourth-order valence-corrected chi connectivity index (χ4v) is 5.02. The summed E-state index contributed by atoms with van der Waals surface area (Å²) in [7, 11) is -3.82. The Morgan fingerprint density at radius 2 is 1.88 bits per heavy atom. The van der Waals surface area contributed by atoms with Gasteiger partial charge in [-0.25, -0.2) is 8.42 Å². The molecule has 3 aromatic rings. The van der Waals surface area contributed by atoms with Gasteiger partial charge in [0.25, 0.3) is 16.5 Å². The number of carbonyl (C=O) groups is 1. The number of hydrogen-bond acceptors (Lipinski definition) is 7. The fourth-order valence-electron chi connectivity index (χ4n) is 3.71. The van der Waals surface area contributed by atoms with Crippen molar-refractivity contribution < 1.29 is 27.6 Å². The van der Waals surface area contributed by atoms with E-state index in [-0.39, 0.29) is 28.3 Å². The maximum absolute atomic E-state index is 12.5. The zero-order chi connectivity index (χ0) is 24.6. The predicted octanol–water partition coefficient (Wildman–Crippen LogP) is 4.43. The van der Waals surface area contributed by atoms with Crippen LogP contribution in [0.1, 0.15) is 31.4 Å². The van der Waals surface area contributed by atoms with Gasteiger partial charge in [0, 0.05) is 25.2 Å². The number of nitrogens with one attached hydrogen (secondary N) is 1. The van der Waals surface area contributed by atoms with Crippen molar-refractivity contribution >= 4 is 33.9 Å². The zero-order valence-corrected chi connectivity index (χ0v) is 20.1. The van der Waals surface area contributed by atoms with Crippen LogP contribution in [0.4, 0.5) is 5.82 Å². The lowest BCUT2D eigenvalue weighted by Crippen LogP contribution is -2.39. The van der Waals surface area contributed by atoms with Crippen LogP contribution in [-0.2, 0) is 14.8 Å². The molecule has 0 saturated carbocycles. The first-order valence-electron chi connectivity index (χ1n) is 10.6. The molecule has 0 bridgehead atoms. The number of benzene rings is 2. The molecule has 0 spiro atoms. The van der Waals surface area contributed by atoms with Gasteiger partial charge < -0.3 is 14.4 Å². The maximum Gasteiger partial charge on any atom is 0.290 e. The normalized spacial score (nSPS) is 15.6. The van der Waals surface area contributed by atoms with Crippen molar-refractivity contribution in [2.75, 3.05) is 17.8 Å². The number of hydrogen-bond donors (Lipinski definition) is 2. The van der Waals surface area contributed by atoms with Crippen LogP contribution in [-0.4, -0.2) is 49.2 Å². The van der Waals surface area contributed by atoms with Crippen molar-refractivity contribution in [1.29, 1.82) is 0 Å². The number of sulfonamides is 1. The number of carboxylic acid groups (broad SMARTS) is 1. The Hall–Kier alpha value is -3.08. The second-order valence-electron chi connectivity index (χ2n) is 7.63. The lowest BCUT2D eigenvalue weighted by molar-refractivity contribution is -0.122. The van der Waals surface area contributed by atoms with Crippen LogP contribution in [0.15, 0.2) is 70.3 Å². The van der Waals surface area contributed by atoms with E-state index in [0.717, 1.165) is 25.9 Å². The van der Waals surface area contributed by atoms with Gasteiger partial charge in [0.05, 0.1) is 9.92 Å². The Bertz CT molecular complexity index is 1150. The molecule has 0 amide bonds. The highest BCUT2D eigenvalue weighted by Gasteiger charge is 2.25. The third kappa shape index (κ3) is 6.72. The van der Waals surface area contributed by atoms with Gasteiger partial charge in [-0.3, -0.25) is 14.4 Å². The molecule has 1 aromatic heterocycles. The Morgan fingerprint density at radius 3 is 2.47 bits per heavy atom. The third-order valence-electron chi connectivity index (χ3n) is 5.49. The largest absolute Gasteiger partial charge is 0.489 e. The van der Waals surface area contributed by atoms with Gasteiger partial charge in [-0.15, -0.1) is 0 Å². The highest BCUT2D eigenvalue weighted by molar-refractivity contribution is 7.92. The number of anilines is 1. The molecule has 2 aromatic carbocycles. The SMILES string of the molecule is CC(c1ccccc1)N1CCC(Oc2ccc(S(=O)(=O)Nc3ccon3)cc2Cl)CC1.O=CO. The van der Waals surface area contributed by atoms with Crippen molar-refractivity contribution in [3.05, 3.63) is 71.4 Å². The molecular weight excluding hydrogens is 482 g/mol. The van der Waals surface area contributed by atoms with Gasteiger partial charge in [0.1, 0.15) is 18.1 Å². The Morgan fingerprint density at radius 1 is 1.21 bits per heavy atom. The first-order valence-corrected chi connectivity index (χ1v) is 12.5. The summed E-state index contributed by atoms with van der Waals surface area (Å²) < 4.78 is 38.0. The van der Waals surface area contributed by atoms with E-state index in [1.807, 2.05) is 6.07 Å². The van der Waals surface area contributed by atoms with Crippen LogP contribution in [0.5, 0.6) is 5.75 Å². The lowest BCUT2D eigenvalue weighted by Gasteiger charge is -2.36. The average Bonchev–Trinajstić information content (AvgIpc) is 3.34. The van der Waals surface area contributed by atoms with Crippen molar-refractivity contribution in [2.45, 2.75) is 36.8 Å². The Balaban J connectivity index is 0.00000103. The fraction of sp³-hybridized carbons (Fsp3) is 0.304. The number of piperidine rings is 1. The molecule has 0 radical (unpaired) electrons. The first-order chi connectivity index (χ1) is 16.3. The van der Waals surface area contributed by atoms with E-state index in [0.29, 0.717) is 11.8 Å². The minimum Gasteiger partial charge on any atom is -0.489 e. The molecule has 0 aliphatic carbocycles. The van der Waals surface area contributed by atoms with Gasteiger partial charge in [0.2, 0.25) is 0 Å². The van der Waals surface area contributed by atoms with Crippen molar-refractivity contribution in [3.8, 4) is 5.75 Å². The monoisotopic (exact) mass is 507 g/mol. The van der Waals surface area contributed by atoms with Crippen LogP contribution in [0.2, 0.25) is 5.02 Å². The minimum absolute atomic E-state index is 0.0272. The first kappa shape index (κ1) is 25.5. The van der Waals surface area contributed by atoms with Crippen LogP contribution in [0.25, 0.3) is 0 Å². The van der Waals surface area contributed by atoms with Crippen molar-refractivity contribution in [3.63, 3.8) is 0 Å². The molecule has 2 heterocycles. The summed E-state index contributed by atoms with van der Waals surface area (Å²) in [6.07, 6.45) is 3.07. The molecule has 34 heavy (non-hydrogen) atoms. The predicted molar refractivity (Wildman–Crippen MR) is 128 cm³/mol. The standard InChI is InChI=1S/C22H24ClN3O4S.CH2O2/c1-16(17-5-3-2-4-6-17)26-12-9-18(10-13-26)30-21-8-7-19(15-20(21)23)31(27,28)25-22-11-14-29-24-22;2-1-3/h2-8,11,14-16,18H,9-10,12-13H2,1H3,(H,24,25);1H,(H,2,3). The summed E-state index contributed by atoms with van der Waals surface area (Å²) in [5.41, 5.74) is 1.31. The number of ether oxygens (including phenoxy) is 1. The van der Waals surface area contributed by atoms with Crippen molar-refractivity contribution in [2.24, 2.45) is 0 Å².